The number of nitrogens with zero attached hydrogens (tertiary/aromatic N) is 6. The standard InChI is InChI=1S/C19H18N6O2/c1-13(2)25-15(7-9-22-25)19-14(4-3-8-20-19)11-27-17-5-6-18-23-21-12-24(18)16(17)10-26/h3-10,12-13H,11H2,1-2H3. The number of rotatable bonds is 6. The SMILES string of the molecule is CC(C)n1nccc1-c1ncccc1COc1ccc2nncn2c1C=O. The van der Waals surface area contributed by atoms with E-state index in [9.17, 15) is 4.79 Å². The van der Waals surface area contributed by atoms with Gasteiger partial charge in [-0.25, -0.2) is 0 Å². The zero-order valence-corrected chi connectivity index (χ0v) is 15.0. The average Bonchev–Trinajstić information content (AvgIpc) is 3.35. The van der Waals surface area contributed by atoms with E-state index in [1.807, 2.05) is 22.9 Å². The molecule has 0 fully saturated rings. The number of carbonyl (C=O) groups is 1. The van der Waals surface area contributed by atoms with Crippen molar-refractivity contribution in [2.24, 2.45) is 0 Å². The second kappa shape index (κ2) is 6.99. The quantitative estimate of drug-likeness (QED) is 0.490. The average molecular weight is 362 g/mol. The van der Waals surface area contributed by atoms with Crippen molar-refractivity contribution < 1.29 is 9.53 Å². The number of hydrogen-bond donors (Lipinski definition) is 0. The lowest BCUT2D eigenvalue weighted by Gasteiger charge is -2.14. The Labute approximate surface area is 155 Å². The van der Waals surface area contributed by atoms with Crippen LogP contribution < -0.4 is 4.74 Å². The van der Waals surface area contributed by atoms with Gasteiger partial charge in [0.15, 0.2) is 11.9 Å². The highest BCUT2D eigenvalue weighted by atomic mass is 16.5. The van der Waals surface area contributed by atoms with Crippen LogP contribution in [0.1, 0.15) is 35.9 Å². The molecular weight excluding hydrogens is 344 g/mol. The normalized spacial score (nSPS) is 11.2. The number of carbonyl (C=O) groups excluding carboxylic acids is 1. The molecule has 4 rings (SSSR count). The Morgan fingerprint density at radius 3 is 2.89 bits per heavy atom. The van der Waals surface area contributed by atoms with Crippen LogP contribution in [0.3, 0.4) is 0 Å². The van der Waals surface area contributed by atoms with Gasteiger partial charge in [0.1, 0.15) is 24.4 Å². The third-order valence-corrected chi connectivity index (χ3v) is 4.26. The van der Waals surface area contributed by atoms with E-state index in [1.54, 1.807) is 28.9 Å². The van der Waals surface area contributed by atoms with E-state index in [1.165, 1.54) is 6.33 Å². The maximum Gasteiger partial charge on any atom is 0.170 e. The monoisotopic (exact) mass is 362 g/mol. The molecule has 0 aliphatic heterocycles. The summed E-state index contributed by atoms with van der Waals surface area (Å²) in [6.45, 7) is 4.40. The van der Waals surface area contributed by atoms with Gasteiger partial charge in [0, 0.05) is 24.0 Å². The molecule has 8 nitrogen and oxygen atoms in total. The van der Waals surface area contributed by atoms with Gasteiger partial charge in [0.25, 0.3) is 0 Å². The maximum absolute atomic E-state index is 11.5. The molecule has 4 heterocycles. The second-order valence-corrected chi connectivity index (χ2v) is 6.31. The van der Waals surface area contributed by atoms with Crippen LogP contribution in [0.2, 0.25) is 0 Å². The highest BCUT2D eigenvalue weighted by Gasteiger charge is 2.15. The van der Waals surface area contributed by atoms with E-state index < -0.39 is 0 Å². The predicted molar refractivity (Wildman–Crippen MR) is 98.5 cm³/mol. The lowest BCUT2D eigenvalue weighted by molar-refractivity contribution is 0.111. The summed E-state index contributed by atoms with van der Waals surface area (Å²) in [5.41, 5.74) is 3.60. The van der Waals surface area contributed by atoms with Crippen molar-refractivity contribution >= 4 is 11.9 Å². The van der Waals surface area contributed by atoms with Gasteiger partial charge in [0.05, 0.1) is 11.4 Å². The van der Waals surface area contributed by atoms with E-state index in [2.05, 4.69) is 34.1 Å². The van der Waals surface area contributed by atoms with Crippen molar-refractivity contribution in [3.05, 3.63) is 60.3 Å². The molecule has 0 spiro atoms. The molecule has 0 aliphatic rings. The zero-order valence-electron chi connectivity index (χ0n) is 15.0. The van der Waals surface area contributed by atoms with Crippen LogP contribution in [-0.4, -0.2) is 35.6 Å². The third-order valence-electron chi connectivity index (χ3n) is 4.26. The number of ether oxygens (including phenoxy) is 1. The molecule has 0 aromatic carbocycles. The van der Waals surface area contributed by atoms with E-state index in [0.29, 0.717) is 17.1 Å². The van der Waals surface area contributed by atoms with Gasteiger partial charge < -0.3 is 4.74 Å². The van der Waals surface area contributed by atoms with Crippen LogP contribution in [-0.2, 0) is 6.61 Å². The minimum Gasteiger partial charge on any atom is -0.486 e. The molecular formula is C19H18N6O2. The van der Waals surface area contributed by atoms with Gasteiger partial charge in [-0.05, 0) is 38.1 Å². The predicted octanol–water partition coefficient (Wildman–Crippen LogP) is 2.96. The highest BCUT2D eigenvalue weighted by molar-refractivity contribution is 5.78. The fraction of sp³-hybridized carbons (Fsp3) is 0.211. The van der Waals surface area contributed by atoms with Crippen LogP contribution in [0.4, 0.5) is 0 Å². The molecule has 0 N–H and O–H groups in total. The minimum atomic E-state index is 0.212. The Kier molecular flexibility index (Phi) is 4.37. The summed E-state index contributed by atoms with van der Waals surface area (Å²) >= 11 is 0. The largest absolute Gasteiger partial charge is 0.486 e. The second-order valence-electron chi connectivity index (χ2n) is 6.31. The maximum atomic E-state index is 11.5. The Morgan fingerprint density at radius 1 is 1.19 bits per heavy atom. The molecule has 0 atom stereocenters. The van der Waals surface area contributed by atoms with E-state index in [4.69, 9.17) is 4.74 Å². The number of hydrogen-bond acceptors (Lipinski definition) is 6. The first-order chi connectivity index (χ1) is 13.2. The van der Waals surface area contributed by atoms with Crippen molar-refractivity contribution in [1.29, 1.82) is 0 Å². The van der Waals surface area contributed by atoms with Crippen LogP contribution in [0.25, 0.3) is 17.0 Å². The van der Waals surface area contributed by atoms with Crippen molar-refractivity contribution in [2.75, 3.05) is 0 Å². The van der Waals surface area contributed by atoms with Crippen molar-refractivity contribution in [1.82, 2.24) is 29.4 Å². The van der Waals surface area contributed by atoms with Crippen LogP contribution in [0.5, 0.6) is 5.75 Å². The van der Waals surface area contributed by atoms with Crippen molar-refractivity contribution in [3.63, 3.8) is 0 Å². The summed E-state index contributed by atoms with van der Waals surface area (Å²) in [7, 11) is 0. The molecule has 0 bridgehead atoms. The Bertz CT molecular complexity index is 1100. The highest BCUT2D eigenvalue weighted by Crippen LogP contribution is 2.26. The first-order valence-corrected chi connectivity index (χ1v) is 8.57. The number of fused-ring (bicyclic) bond motifs is 1. The molecule has 8 heteroatoms. The number of aldehydes is 1. The molecule has 0 saturated carbocycles. The molecule has 0 unspecified atom stereocenters. The van der Waals surface area contributed by atoms with Crippen LogP contribution in [0, 0.1) is 0 Å². The summed E-state index contributed by atoms with van der Waals surface area (Å²) in [6.07, 6.45) is 5.74. The lowest BCUT2D eigenvalue weighted by Crippen LogP contribution is -2.08. The number of aromatic nitrogens is 6. The van der Waals surface area contributed by atoms with Crippen LogP contribution in [0.15, 0.2) is 49.1 Å². The number of pyridine rings is 2. The van der Waals surface area contributed by atoms with Gasteiger partial charge in [-0.3, -0.25) is 18.9 Å². The van der Waals surface area contributed by atoms with Gasteiger partial charge in [-0.15, -0.1) is 10.2 Å². The van der Waals surface area contributed by atoms with Crippen molar-refractivity contribution in [3.8, 4) is 17.1 Å². The molecule has 0 radical (unpaired) electrons. The first-order valence-electron chi connectivity index (χ1n) is 8.57. The third kappa shape index (κ3) is 3.05. The lowest BCUT2D eigenvalue weighted by atomic mass is 10.1. The Balaban J connectivity index is 1.67. The molecule has 0 amide bonds. The molecule has 4 aromatic heterocycles. The van der Waals surface area contributed by atoms with Gasteiger partial charge in [-0.1, -0.05) is 6.07 Å². The van der Waals surface area contributed by atoms with Crippen LogP contribution >= 0.6 is 0 Å². The summed E-state index contributed by atoms with van der Waals surface area (Å²) in [6, 6.07) is 9.45. The fourth-order valence-corrected chi connectivity index (χ4v) is 2.99. The molecule has 0 saturated heterocycles. The topological polar surface area (TPSA) is 87.2 Å². The minimum absolute atomic E-state index is 0.212. The van der Waals surface area contributed by atoms with E-state index in [0.717, 1.165) is 23.2 Å². The summed E-state index contributed by atoms with van der Waals surface area (Å²) in [4.78, 5) is 16.1. The molecule has 4 aromatic rings. The summed E-state index contributed by atoms with van der Waals surface area (Å²) in [5, 5.41) is 12.1. The fourth-order valence-electron chi connectivity index (χ4n) is 2.99. The Morgan fingerprint density at radius 2 is 2.07 bits per heavy atom. The van der Waals surface area contributed by atoms with Gasteiger partial charge in [0.2, 0.25) is 0 Å². The van der Waals surface area contributed by atoms with E-state index >= 15 is 0 Å². The molecule has 136 valence electrons. The Hall–Kier alpha value is -3.55. The first kappa shape index (κ1) is 16.9. The zero-order chi connectivity index (χ0) is 18.8. The van der Waals surface area contributed by atoms with Gasteiger partial charge >= 0.3 is 0 Å². The summed E-state index contributed by atoms with van der Waals surface area (Å²) in [5.74, 6) is 0.462. The smallest absolute Gasteiger partial charge is 0.170 e. The molecule has 27 heavy (non-hydrogen) atoms. The molecule has 0 aliphatic carbocycles. The van der Waals surface area contributed by atoms with E-state index in [-0.39, 0.29) is 12.6 Å². The summed E-state index contributed by atoms with van der Waals surface area (Å²) < 4.78 is 9.47. The van der Waals surface area contributed by atoms with Crippen molar-refractivity contribution in [2.45, 2.75) is 26.5 Å². The van der Waals surface area contributed by atoms with Gasteiger partial charge in [-0.2, -0.15) is 5.10 Å².